The summed E-state index contributed by atoms with van der Waals surface area (Å²) in [5, 5.41) is 10.2. The number of fused-ring (bicyclic) bond motifs is 2. The fourth-order valence-electron chi connectivity index (χ4n) is 4.51. The summed E-state index contributed by atoms with van der Waals surface area (Å²) in [4.78, 5) is 14.1. The molecule has 0 spiro atoms. The Morgan fingerprint density at radius 1 is 1.12 bits per heavy atom. The van der Waals surface area contributed by atoms with Gasteiger partial charge in [0.1, 0.15) is 0 Å². The van der Waals surface area contributed by atoms with E-state index in [4.69, 9.17) is 4.43 Å². The zero-order valence-electron chi connectivity index (χ0n) is 16.8. The van der Waals surface area contributed by atoms with Gasteiger partial charge in [0.05, 0.1) is 17.7 Å². The van der Waals surface area contributed by atoms with Crippen LogP contribution in [0, 0.1) is 0 Å². The summed E-state index contributed by atoms with van der Waals surface area (Å²) >= 11 is 0. The monoisotopic (exact) mass is 375 g/mol. The highest BCUT2D eigenvalue weighted by molar-refractivity contribution is 6.74. The average molecular weight is 376 g/mol. The zero-order valence-corrected chi connectivity index (χ0v) is 17.8. The zero-order chi connectivity index (χ0) is 19.2. The van der Waals surface area contributed by atoms with Gasteiger partial charge in [0.25, 0.3) is 0 Å². The van der Waals surface area contributed by atoms with E-state index in [-0.39, 0.29) is 16.1 Å². The molecule has 2 aliphatic heterocycles. The normalized spacial score (nSPS) is 28.6. The van der Waals surface area contributed by atoms with Crippen LogP contribution in [0.2, 0.25) is 18.1 Å². The van der Waals surface area contributed by atoms with Gasteiger partial charge >= 0.3 is 6.09 Å². The number of benzene rings is 1. The van der Waals surface area contributed by atoms with E-state index >= 15 is 0 Å². The lowest BCUT2D eigenvalue weighted by molar-refractivity contribution is 0.0521. The Morgan fingerprint density at radius 3 is 2.15 bits per heavy atom. The minimum Gasteiger partial charge on any atom is -0.465 e. The Kier molecular flexibility index (Phi) is 4.77. The molecule has 0 atom stereocenters. The minimum atomic E-state index is -1.90. The molecule has 1 N–H and O–H groups in total. The first-order chi connectivity index (χ1) is 12.0. The second-order valence-electron chi connectivity index (χ2n) is 9.78. The van der Waals surface area contributed by atoms with Crippen molar-refractivity contribution in [1.82, 2.24) is 4.90 Å². The third-order valence-electron chi connectivity index (χ3n) is 7.14. The van der Waals surface area contributed by atoms with Gasteiger partial charge in [0, 0.05) is 0 Å². The number of nitrogens with zero attached hydrogens (tertiary/aromatic N) is 1. The van der Waals surface area contributed by atoms with Gasteiger partial charge in [-0.3, -0.25) is 4.90 Å². The fraction of sp³-hybridized carbons (Fsp3) is 0.667. The molecule has 3 rings (SSSR count). The smallest absolute Gasteiger partial charge is 0.408 e. The maximum absolute atomic E-state index is 12.3. The molecule has 1 aromatic rings. The van der Waals surface area contributed by atoms with Gasteiger partial charge in [-0.2, -0.15) is 0 Å². The minimum absolute atomic E-state index is 0.135. The Bertz CT molecular complexity index is 658. The van der Waals surface area contributed by atoms with Crippen LogP contribution in [0.5, 0.6) is 0 Å². The molecule has 5 heteroatoms. The molecule has 2 aliphatic rings. The number of hydrogen-bond donors (Lipinski definition) is 1. The quantitative estimate of drug-likeness (QED) is 0.711. The molecule has 144 valence electrons. The van der Waals surface area contributed by atoms with Gasteiger partial charge in [-0.1, -0.05) is 51.1 Å². The van der Waals surface area contributed by atoms with Crippen molar-refractivity contribution in [2.24, 2.45) is 0 Å². The number of rotatable bonds is 5. The molecule has 2 heterocycles. The van der Waals surface area contributed by atoms with Gasteiger partial charge in [0.15, 0.2) is 8.32 Å². The standard InChI is InChI=1S/C21H33NO3Si/c1-19(2,3)26(4,5)25-16-21-13-11-20(12-14-21,22(21)18(23)24)15-17-9-7-6-8-10-17/h6-10H,11-16H2,1-5H3,(H,23,24). The Labute approximate surface area is 158 Å². The maximum Gasteiger partial charge on any atom is 0.408 e. The predicted octanol–water partition coefficient (Wildman–Crippen LogP) is 5.30. The van der Waals surface area contributed by atoms with E-state index in [0.717, 1.165) is 32.1 Å². The van der Waals surface area contributed by atoms with Gasteiger partial charge in [0.2, 0.25) is 0 Å². The van der Waals surface area contributed by atoms with Crippen molar-refractivity contribution in [1.29, 1.82) is 0 Å². The lowest BCUT2D eigenvalue weighted by Crippen LogP contribution is -2.55. The number of carbonyl (C=O) groups is 1. The number of carboxylic acid groups (broad SMARTS) is 1. The highest BCUT2D eigenvalue weighted by Crippen LogP contribution is 2.55. The molecule has 1 amide bonds. The van der Waals surface area contributed by atoms with Crippen molar-refractivity contribution in [3.05, 3.63) is 35.9 Å². The van der Waals surface area contributed by atoms with Gasteiger partial charge in [-0.05, 0) is 55.8 Å². The maximum atomic E-state index is 12.3. The molecule has 4 nitrogen and oxygen atoms in total. The van der Waals surface area contributed by atoms with E-state index in [2.05, 4.69) is 46.0 Å². The molecule has 2 bridgehead atoms. The van der Waals surface area contributed by atoms with Crippen LogP contribution in [0.15, 0.2) is 30.3 Å². The molecule has 0 unspecified atom stereocenters. The third-order valence-corrected chi connectivity index (χ3v) is 11.6. The molecule has 1 aromatic carbocycles. The molecule has 2 fully saturated rings. The largest absolute Gasteiger partial charge is 0.465 e. The van der Waals surface area contributed by atoms with Crippen molar-refractivity contribution < 1.29 is 14.3 Å². The van der Waals surface area contributed by atoms with Crippen LogP contribution in [0.3, 0.4) is 0 Å². The molecular formula is C21H33NO3Si. The van der Waals surface area contributed by atoms with Crippen LogP contribution in [0.1, 0.15) is 52.0 Å². The van der Waals surface area contributed by atoms with Crippen LogP contribution in [-0.2, 0) is 10.8 Å². The van der Waals surface area contributed by atoms with Crippen LogP contribution in [0.4, 0.5) is 4.79 Å². The SMILES string of the molecule is CC(C)(C)[Si](C)(C)OCC12CCC(Cc3ccccc3)(CC1)N2C(=O)O. The molecule has 0 aliphatic carbocycles. The van der Waals surface area contributed by atoms with Crippen LogP contribution >= 0.6 is 0 Å². The van der Waals surface area contributed by atoms with Gasteiger partial charge in [-0.25, -0.2) is 4.79 Å². The van der Waals surface area contributed by atoms with Crippen LogP contribution in [-0.4, -0.2) is 42.1 Å². The Balaban J connectivity index is 1.82. The predicted molar refractivity (Wildman–Crippen MR) is 107 cm³/mol. The van der Waals surface area contributed by atoms with E-state index in [1.54, 1.807) is 4.90 Å². The first kappa shape index (κ1) is 19.4. The fourth-order valence-corrected chi connectivity index (χ4v) is 5.57. The topological polar surface area (TPSA) is 49.8 Å². The summed E-state index contributed by atoms with van der Waals surface area (Å²) in [5.41, 5.74) is 0.627. The summed E-state index contributed by atoms with van der Waals surface area (Å²) in [6, 6.07) is 10.3. The van der Waals surface area contributed by atoms with E-state index in [1.807, 2.05) is 18.2 Å². The van der Waals surface area contributed by atoms with Crippen molar-refractivity contribution >= 4 is 14.4 Å². The van der Waals surface area contributed by atoms with Gasteiger partial charge < -0.3 is 9.53 Å². The first-order valence-electron chi connectivity index (χ1n) is 9.73. The number of hydrogen-bond acceptors (Lipinski definition) is 2. The summed E-state index contributed by atoms with van der Waals surface area (Å²) in [6.07, 6.45) is 3.74. The first-order valence-corrected chi connectivity index (χ1v) is 12.6. The van der Waals surface area contributed by atoms with E-state index < -0.39 is 14.4 Å². The summed E-state index contributed by atoms with van der Waals surface area (Å²) < 4.78 is 6.51. The molecule has 0 aromatic heterocycles. The Hall–Kier alpha value is -1.33. The van der Waals surface area contributed by atoms with Crippen molar-refractivity contribution in [2.45, 2.75) is 82.1 Å². The lowest BCUT2D eigenvalue weighted by atomic mass is 9.79. The molecule has 2 saturated heterocycles. The molecular weight excluding hydrogens is 342 g/mol. The number of amides is 1. The summed E-state index contributed by atoms with van der Waals surface area (Å²) in [7, 11) is -1.90. The third kappa shape index (κ3) is 3.20. The molecule has 0 saturated carbocycles. The second-order valence-corrected chi connectivity index (χ2v) is 14.6. The lowest BCUT2D eigenvalue weighted by Gasteiger charge is -2.42. The van der Waals surface area contributed by atoms with Crippen molar-refractivity contribution in [3.8, 4) is 0 Å². The van der Waals surface area contributed by atoms with Crippen LogP contribution < -0.4 is 0 Å². The Morgan fingerprint density at radius 2 is 1.65 bits per heavy atom. The van der Waals surface area contributed by atoms with E-state index in [1.165, 1.54) is 5.56 Å². The average Bonchev–Trinajstić information content (AvgIpc) is 3.03. The van der Waals surface area contributed by atoms with E-state index in [0.29, 0.717) is 6.61 Å². The van der Waals surface area contributed by atoms with Crippen molar-refractivity contribution in [3.63, 3.8) is 0 Å². The van der Waals surface area contributed by atoms with Crippen LogP contribution in [0.25, 0.3) is 0 Å². The van der Waals surface area contributed by atoms with Crippen molar-refractivity contribution in [2.75, 3.05) is 6.61 Å². The van der Waals surface area contributed by atoms with Gasteiger partial charge in [-0.15, -0.1) is 0 Å². The van der Waals surface area contributed by atoms with E-state index in [9.17, 15) is 9.90 Å². The highest BCUT2D eigenvalue weighted by Gasteiger charge is 2.63. The second kappa shape index (κ2) is 6.38. The summed E-state index contributed by atoms with van der Waals surface area (Å²) in [6.45, 7) is 11.7. The molecule has 0 radical (unpaired) electrons. The molecule has 26 heavy (non-hydrogen) atoms. The summed E-state index contributed by atoms with van der Waals surface area (Å²) in [5.74, 6) is 0. The highest BCUT2D eigenvalue weighted by atomic mass is 28.4.